The van der Waals surface area contributed by atoms with Gasteiger partial charge in [0.2, 0.25) is 0 Å². The van der Waals surface area contributed by atoms with Crippen molar-refractivity contribution in [1.29, 1.82) is 0 Å². The number of aliphatic carboxylic acids is 1. The highest BCUT2D eigenvalue weighted by Crippen LogP contribution is 2.19. The SMILES string of the molecule is O=C(O)C(F)(F)F.c1ccc(C(NCCn2cncn2)c2ccccn2)cc1. The number of pyridine rings is 1. The Hall–Kier alpha value is -3.27. The minimum absolute atomic E-state index is 0.0796. The van der Waals surface area contributed by atoms with Crippen molar-refractivity contribution in [3.63, 3.8) is 0 Å². The lowest BCUT2D eigenvalue weighted by atomic mass is 10.0. The molecule has 0 spiro atoms. The molecule has 1 unspecified atom stereocenters. The Bertz CT molecular complexity index is 788. The third-order valence-electron chi connectivity index (χ3n) is 3.51. The molecule has 148 valence electrons. The minimum Gasteiger partial charge on any atom is -0.475 e. The molecule has 10 heteroatoms. The average Bonchev–Trinajstić information content (AvgIpc) is 3.20. The Balaban J connectivity index is 0.000000345. The van der Waals surface area contributed by atoms with Crippen molar-refractivity contribution in [1.82, 2.24) is 25.1 Å². The van der Waals surface area contributed by atoms with Gasteiger partial charge in [0.25, 0.3) is 0 Å². The number of alkyl halides is 3. The second-order valence-electron chi connectivity index (χ2n) is 5.51. The molecule has 0 saturated heterocycles. The van der Waals surface area contributed by atoms with Gasteiger partial charge in [0, 0.05) is 12.7 Å². The van der Waals surface area contributed by atoms with Crippen LogP contribution in [-0.4, -0.2) is 43.5 Å². The molecule has 0 aliphatic heterocycles. The third-order valence-corrected chi connectivity index (χ3v) is 3.51. The number of hydrogen-bond donors (Lipinski definition) is 2. The summed E-state index contributed by atoms with van der Waals surface area (Å²) in [7, 11) is 0. The fourth-order valence-electron chi connectivity index (χ4n) is 2.26. The van der Waals surface area contributed by atoms with Crippen molar-refractivity contribution in [3.05, 3.63) is 78.6 Å². The van der Waals surface area contributed by atoms with Crippen molar-refractivity contribution in [2.24, 2.45) is 0 Å². The standard InChI is InChI=1S/C16H17N5.C2HF3O2/c1-2-6-14(7-3-1)16(15-8-4-5-9-18-15)19-10-11-21-13-17-12-20-21;3-2(4,5)1(6)7/h1-9,12-13,16,19H,10-11H2;(H,6,7). The Labute approximate surface area is 158 Å². The van der Waals surface area contributed by atoms with Gasteiger partial charge in [-0.2, -0.15) is 18.3 Å². The van der Waals surface area contributed by atoms with Crippen molar-refractivity contribution in [3.8, 4) is 0 Å². The van der Waals surface area contributed by atoms with Gasteiger partial charge in [-0.1, -0.05) is 36.4 Å². The van der Waals surface area contributed by atoms with Crippen LogP contribution >= 0.6 is 0 Å². The number of carboxylic acid groups (broad SMARTS) is 1. The number of nitrogens with zero attached hydrogens (tertiary/aromatic N) is 4. The van der Waals surface area contributed by atoms with E-state index in [-0.39, 0.29) is 6.04 Å². The third kappa shape index (κ3) is 6.80. The first-order valence-electron chi connectivity index (χ1n) is 8.19. The lowest BCUT2D eigenvalue weighted by Gasteiger charge is -2.18. The van der Waals surface area contributed by atoms with E-state index in [0.29, 0.717) is 0 Å². The number of carbonyl (C=O) groups is 1. The molecule has 0 saturated carbocycles. The Kier molecular flexibility index (Phi) is 7.64. The number of benzene rings is 1. The summed E-state index contributed by atoms with van der Waals surface area (Å²) >= 11 is 0. The van der Waals surface area contributed by atoms with Gasteiger partial charge in [-0.3, -0.25) is 9.67 Å². The molecule has 2 N–H and O–H groups in total. The molecule has 28 heavy (non-hydrogen) atoms. The van der Waals surface area contributed by atoms with Crippen LogP contribution in [0.25, 0.3) is 0 Å². The summed E-state index contributed by atoms with van der Waals surface area (Å²) in [4.78, 5) is 17.3. The summed E-state index contributed by atoms with van der Waals surface area (Å²) in [5.41, 5.74) is 2.22. The molecule has 0 amide bonds. The topological polar surface area (TPSA) is 92.9 Å². The second kappa shape index (κ2) is 10.2. The first kappa shape index (κ1) is 21.0. The Morgan fingerprint density at radius 1 is 1.14 bits per heavy atom. The molecule has 0 bridgehead atoms. The number of rotatable bonds is 6. The van der Waals surface area contributed by atoms with Crippen LogP contribution < -0.4 is 5.32 Å². The van der Waals surface area contributed by atoms with Gasteiger partial charge in [-0.25, -0.2) is 9.78 Å². The number of carboxylic acids is 1. The van der Waals surface area contributed by atoms with Crippen LogP contribution in [0.1, 0.15) is 17.3 Å². The largest absolute Gasteiger partial charge is 0.490 e. The van der Waals surface area contributed by atoms with Gasteiger partial charge in [0.05, 0.1) is 18.3 Å². The van der Waals surface area contributed by atoms with Crippen LogP contribution in [-0.2, 0) is 11.3 Å². The van der Waals surface area contributed by atoms with Gasteiger partial charge in [-0.15, -0.1) is 0 Å². The van der Waals surface area contributed by atoms with Crippen LogP contribution in [0.15, 0.2) is 67.4 Å². The predicted molar refractivity (Wildman–Crippen MR) is 94.2 cm³/mol. The molecule has 3 rings (SSSR count). The molecule has 1 atom stereocenters. The lowest BCUT2D eigenvalue weighted by molar-refractivity contribution is -0.192. The monoisotopic (exact) mass is 393 g/mol. The normalized spacial score (nSPS) is 12.0. The fourth-order valence-corrected chi connectivity index (χ4v) is 2.26. The number of hydrogen-bond acceptors (Lipinski definition) is 5. The maximum Gasteiger partial charge on any atom is 0.490 e. The average molecular weight is 393 g/mol. The number of nitrogens with one attached hydrogen (secondary N) is 1. The molecular formula is C18H18F3N5O2. The van der Waals surface area contributed by atoms with Gasteiger partial charge in [-0.05, 0) is 17.7 Å². The van der Waals surface area contributed by atoms with E-state index in [1.807, 2.05) is 47.3 Å². The van der Waals surface area contributed by atoms with Gasteiger partial charge in [0.15, 0.2) is 0 Å². The summed E-state index contributed by atoms with van der Waals surface area (Å²) in [5, 5.41) is 14.8. The van der Waals surface area contributed by atoms with Gasteiger partial charge >= 0.3 is 12.1 Å². The lowest BCUT2D eigenvalue weighted by Crippen LogP contribution is -2.27. The van der Waals surface area contributed by atoms with Crippen LogP contribution in [0.2, 0.25) is 0 Å². The molecule has 0 radical (unpaired) electrons. The van der Waals surface area contributed by atoms with Crippen molar-refractivity contribution < 1.29 is 23.1 Å². The second-order valence-corrected chi connectivity index (χ2v) is 5.51. The van der Waals surface area contributed by atoms with Crippen LogP contribution in [0.5, 0.6) is 0 Å². The summed E-state index contributed by atoms with van der Waals surface area (Å²) in [6, 6.07) is 16.4. The fraction of sp³-hybridized carbons (Fsp3) is 0.222. The smallest absolute Gasteiger partial charge is 0.475 e. The zero-order valence-corrected chi connectivity index (χ0v) is 14.6. The highest BCUT2D eigenvalue weighted by molar-refractivity contribution is 5.73. The van der Waals surface area contributed by atoms with E-state index in [2.05, 4.69) is 32.5 Å². The summed E-state index contributed by atoms with van der Waals surface area (Å²) in [5.74, 6) is -2.76. The molecular weight excluding hydrogens is 375 g/mol. The van der Waals surface area contributed by atoms with Gasteiger partial charge in [0.1, 0.15) is 12.7 Å². The maximum absolute atomic E-state index is 10.6. The molecule has 0 fully saturated rings. The minimum atomic E-state index is -5.08. The highest BCUT2D eigenvalue weighted by atomic mass is 19.4. The molecule has 1 aromatic carbocycles. The predicted octanol–water partition coefficient (Wildman–Crippen LogP) is 2.69. The van der Waals surface area contributed by atoms with E-state index in [9.17, 15) is 13.2 Å². The van der Waals surface area contributed by atoms with Gasteiger partial charge < -0.3 is 10.4 Å². The van der Waals surface area contributed by atoms with E-state index in [4.69, 9.17) is 9.90 Å². The molecule has 3 aromatic rings. The Morgan fingerprint density at radius 3 is 2.36 bits per heavy atom. The quantitative estimate of drug-likeness (QED) is 0.669. The van der Waals surface area contributed by atoms with E-state index in [1.165, 1.54) is 5.56 Å². The van der Waals surface area contributed by atoms with Crippen LogP contribution in [0, 0.1) is 0 Å². The summed E-state index contributed by atoms with van der Waals surface area (Å²) in [6.07, 6.45) is 0.0117. The van der Waals surface area contributed by atoms with Crippen molar-refractivity contribution in [2.75, 3.05) is 6.54 Å². The zero-order chi connectivity index (χ0) is 20.4. The highest BCUT2D eigenvalue weighted by Gasteiger charge is 2.38. The van der Waals surface area contributed by atoms with E-state index in [0.717, 1.165) is 18.8 Å². The molecule has 7 nitrogen and oxygen atoms in total. The first-order chi connectivity index (χ1) is 13.4. The van der Waals surface area contributed by atoms with Crippen LogP contribution in [0.4, 0.5) is 13.2 Å². The number of halogens is 3. The summed E-state index contributed by atoms with van der Waals surface area (Å²) in [6.45, 7) is 1.57. The number of aromatic nitrogens is 4. The molecule has 2 heterocycles. The zero-order valence-electron chi connectivity index (χ0n) is 14.6. The Morgan fingerprint density at radius 2 is 1.82 bits per heavy atom. The van der Waals surface area contributed by atoms with E-state index >= 15 is 0 Å². The van der Waals surface area contributed by atoms with Crippen molar-refractivity contribution in [2.45, 2.75) is 18.8 Å². The maximum atomic E-state index is 10.6. The van der Waals surface area contributed by atoms with E-state index in [1.54, 1.807) is 12.7 Å². The molecule has 0 aliphatic rings. The summed E-state index contributed by atoms with van der Waals surface area (Å²) < 4.78 is 33.5. The van der Waals surface area contributed by atoms with Crippen LogP contribution in [0.3, 0.4) is 0 Å². The molecule has 0 aliphatic carbocycles. The molecule has 2 aromatic heterocycles. The van der Waals surface area contributed by atoms with Crippen molar-refractivity contribution >= 4 is 5.97 Å². The van der Waals surface area contributed by atoms with E-state index < -0.39 is 12.1 Å². The first-order valence-corrected chi connectivity index (χ1v) is 8.19.